The number of rotatable bonds is 4. The molecule has 1 aromatic carbocycles. The predicted molar refractivity (Wildman–Crippen MR) is 86.0 cm³/mol. The van der Waals surface area contributed by atoms with Crippen LogP contribution in [0.1, 0.15) is 36.0 Å². The smallest absolute Gasteiger partial charge is 0.339 e. The maximum Gasteiger partial charge on any atom is 0.339 e. The molecule has 0 saturated heterocycles. The monoisotopic (exact) mass is 361 g/mol. The van der Waals surface area contributed by atoms with Crippen molar-refractivity contribution < 1.29 is 23.1 Å². The molecule has 23 heavy (non-hydrogen) atoms. The molecule has 128 valence electrons. The lowest BCUT2D eigenvalue weighted by Gasteiger charge is -2.34. The average molecular weight is 362 g/mol. The first-order valence-electron chi connectivity index (χ1n) is 7.33. The Morgan fingerprint density at radius 2 is 2.00 bits per heavy atom. The Balaban J connectivity index is 2.37. The van der Waals surface area contributed by atoms with E-state index in [0.717, 1.165) is 12.8 Å². The first kappa shape index (κ1) is 18.2. The van der Waals surface area contributed by atoms with Gasteiger partial charge in [-0.3, -0.25) is 0 Å². The highest BCUT2D eigenvalue weighted by Gasteiger charge is 2.34. The predicted octanol–water partition coefficient (Wildman–Crippen LogP) is 2.05. The molecule has 6 nitrogen and oxygen atoms in total. The molecule has 1 fully saturated rings. The summed E-state index contributed by atoms with van der Waals surface area (Å²) in [5.74, 6) is -0.701. The van der Waals surface area contributed by atoms with E-state index in [2.05, 4.69) is 4.74 Å². The van der Waals surface area contributed by atoms with Gasteiger partial charge in [0.1, 0.15) is 0 Å². The molecule has 0 spiro atoms. The van der Waals surface area contributed by atoms with E-state index >= 15 is 0 Å². The molecule has 1 aliphatic rings. The maximum absolute atomic E-state index is 12.8. The summed E-state index contributed by atoms with van der Waals surface area (Å²) in [6.45, 7) is 0. The van der Waals surface area contributed by atoms with Crippen LogP contribution in [0.15, 0.2) is 23.1 Å². The highest BCUT2D eigenvalue weighted by Crippen LogP contribution is 2.28. The summed E-state index contributed by atoms with van der Waals surface area (Å²) in [6.07, 6.45) is 2.26. The zero-order valence-electron chi connectivity index (χ0n) is 13.0. The molecule has 0 heterocycles. The van der Waals surface area contributed by atoms with Gasteiger partial charge in [0.2, 0.25) is 10.0 Å². The normalized spacial score (nSPS) is 22.1. The fraction of sp³-hybridized carbons (Fsp3) is 0.533. The van der Waals surface area contributed by atoms with Gasteiger partial charge in [0, 0.05) is 7.05 Å². The first-order chi connectivity index (χ1) is 10.8. The molecule has 0 aliphatic heterocycles. The van der Waals surface area contributed by atoms with E-state index in [1.807, 2.05) is 0 Å². The highest BCUT2D eigenvalue weighted by molar-refractivity contribution is 7.89. The molecule has 0 amide bonds. The van der Waals surface area contributed by atoms with Crippen molar-refractivity contribution in [2.75, 3.05) is 14.2 Å². The zero-order valence-corrected chi connectivity index (χ0v) is 14.6. The number of sulfonamides is 1. The molecular formula is C15H20ClNO5S. The van der Waals surface area contributed by atoms with E-state index in [4.69, 9.17) is 11.6 Å². The number of halogens is 1. The quantitative estimate of drug-likeness (QED) is 0.830. The van der Waals surface area contributed by atoms with Crippen molar-refractivity contribution >= 4 is 27.6 Å². The number of ether oxygens (including phenoxy) is 1. The minimum absolute atomic E-state index is 0.00663. The van der Waals surface area contributed by atoms with Crippen molar-refractivity contribution in [3.63, 3.8) is 0 Å². The summed E-state index contributed by atoms with van der Waals surface area (Å²) in [5, 5.41) is 10.2. The van der Waals surface area contributed by atoms with Crippen molar-refractivity contribution in [2.45, 2.75) is 42.7 Å². The summed E-state index contributed by atoms with van der Waals surface area (Å²) in [6, 6.07) is 3.43. The number of carbonyl (C=O) groups excluding carboxylic acids is 1. The first-order valence-corrected chi connectivity index (χ1v) is 9.15. The molecule has 1 N–H and O–H groups in total. The van der Waals surface area contributed by atoms with Crippen LogP contribution < -0.4 is 0 Å². The fourth-order valence-electron chi connectivity index (χ4n) is 2.79. The summed E-state index contributed by atoms with van der Waals surface area (Å²) in [4.78, 5) is 11.6. The van der Waals surface area contributed by atoms with E-state index in [9.17, 15) is 18.3 Å². The van der Waals surface area contributed by atoms with Crippen molar-refractivity contribution in [1.29, 1.82) is 0 Å². The minimum Gasteiger partial charge on any atom is -0.465 e. The lowest BCUT2D eigenvalue weighted by molar-refractivity contribution is 0.0599. The largest absolute Gasteiger partial charge is 0.465 e. The van der Waals surface area contributed by atoms with Crippen molar-refractivity contribution in [3.8, 4) is 0 Å². The molecule has 2 atom stereocenters. The summed E-state index contributed by atoms with van der Waals surface area (Å²) in [7, 11) is -1.20. The summed E-state index contributed by atoms with van der Waals surface area (Å²) < 4.78 is 31.3. The van der Waals surface area contributed by atoms with Crippen LogP contribution >= 0.6 is 11.6 Å². The number of hydrogen-bond acceptors (Lipinski definition) is 5. The van der Waals surface area contributed by atoms with Gasteiger partial charge in [0.05, 0.1) is 34.7 Å². The lowest BCUT2D eigenvalue weighted by Crippen LogP contribution is -2.46. The topological polar surface area (TPSA) is 83.9 Å². The van der Waals surface area contributed by atoms with Gasteiger partial charge in [-0.25, -0.2) is 13.2 Å². The molecule has 1 saturated carbocycles. The van der Waals surface area contributed by atoms with E-state index in [0.29, 0.717) is 12.8 Å². The Labute approximate surface area is 141 Å². The van der Waals surface area contributed by atoms with Gasteiger partial charge in [-0.05, 0) is 31.0 Å². The highest BCUT2D eigenvalue weighted by atomic mass is 35.5. The van der Waals surface area contributed by atoms with Gasteiger partial charge in [-0.2, -0.15) is 4.31 Å². The molecule has 2 rings (SSSR count). The average Bonchev–Trinajstić information content (AvgIpc) is 2.54. The van der Waals surface area contributed by atoms with Gasteiger partial charge in [0.15, 0.2) is 0 Å². The SMILES string of the molecule is COC(=O)c1cc(S(=O)(=O)N(C)[C@@H]2CCCC[C@H]2O)ccc1Cl. The van der Waals surface area contributed by atoms with Gasteiger partial charge in [0.25, 0.3) is 0 Å². The number of benzene rings is 1. The minimum atomic E-state index is -3.85. The standard InChI is InChI=1S/C15H20ClNO5S/c1-17(13-5-3-4-6-14(13)18)23(20,21)10-7-8-12(16)11(9-10)15(19)22-2/h7-9,13-14,18H,3-6H2,1-2H3/t13-,14-/m1/s1. The Bertz CT molecular complexity index is 691. The van der Waals surface area contributed by atoms with E-state index in [1.165, 1.54) is 36.7 Å². The third kappa shape index (κ3) is 3.68. The van der Waals surface area contributed by atoms with Crippen molar-refractivity contribution in [2.24, 2.45) is 0 Å². The van der Waals surface area contributed by atoms with Gasteiger partial charge < -0.3 is 9.84 Å². The molecular weight excluding hydrogens is 342 g/mol. The summed E-state index contributed by atoms with van der Waals surface area (Å²) >= 11 is 5.92. The van der Waals surface area contributed by atoms with Crippen LogP contribution in [0.25, 0.3) is 0 Å². The van der Waals surface area contributed by atoms with Crippen LogP contribution in [0, 0.1) is 0 Å². The van der Waals surface area contributed by atoms with Crippen LogP contribution in [0.5, 0.6) is 0 Å². The lowest BCUT2D eigenvalue weighted by atomic mass is 9.93. The van der Waals surface area contributed by atoms with Gasteiger partial charge >= 0.3 is 5.97 Å². The van der Waals surface area contributed by atoms with Gasteiger partial charge in [-0.1, -0.05) is 24.4 Å². The second-order valence-electron chi connectivity index (χ2n) is 5.57. The third-order valence-electron chi connectivity index (χ3n) is 4.18. The number of methoxy groups -OCH3 is 1. The number of carbonyl (C=O) groups is 1. The number of esters is 1. The van der Waals surface area contributed by atoms with Crippen LogP contribution in [-0.2, 0) is 14.8 Å². The number of aliphatic hydroxyl groups is 1. The fourth-order valence-corrected chi connectivity index (χ4v) is 4.43. The van der Waals surface area contributed by atoms with Crippen molar-refractivity contribution in [3.05, 3.63) is 28.8 Å². The van der Waals surface area contributed by atoms with Crippen LogP contribution in [-0.4, -0.2) is 50.1 Å². The molecule has 0 radical (unpaired) electrons. The van der Waals surface area contributed by atoms with Crippen LogP contribution in [0.2, 0.25) is 5.02 Å². The summed E-state index contributed by atoms with van der Waals surface area (Å²) in [5.41, 5.74) is -0.00663. The van der Waals surface area contributed by atoms with Crippen LogP contribution in [0.3, 0.4) is 0 Å². The maximum atomic E-state index is 12.8. The second-order valence-corrected chi connectivity index (χ2v) is 7.98. The zero-order chi connectivity index (χ0) is 17.2. The Kier molecular flexibility index (Phi) is 5.67. The van der Waals surface area contributed by atoms with E-state index in [-0.39, 0.29) is 15.5 Å². The molecule has 1 aromatic rings. The number of nitrogens with zero attached hydrogens (tertiary/aromatic N) is 1. The van der Waals surface area contributed by atoms with Crippen LogP contribution in [0.4, 0.5) is 0 Å². The molecule has 8 heteroatoms. The Morgan fingerprint density at radius 3 is 2.61 bits per heavy atom. The molecule has 0 aromatic heterocycles. The van der Waals surface area contributed by atoms with Gasteiger partial charge in [-0.15, -0.1) is 0 Å². The van der Waals surface area contributed by atoms with E-state index < -0.39 is 28.1 Å². The molecule has 0 unspecified atom stereocenters. The number of likely N-dealkylation sites (N-methyl/N-ethyl adjacent to an activating group) is 1. The third-order valence-corrected chi connectivity index (χ3v) is 6.39. The molecule has 1 aliphatic carbocycles. The second kappa shape index (κ2) is 7.17. The Morgan fingerprint density at radius 1 is 1.35 bits per heavy atom. The van der Waals surface area contributed by atoms with Crippen molar-refractivity contribution in [1.82, 2.24) is 4.31 Å². The number of aliphatic hydroxyl groups excluding tert-OH is 1. The van der Waals surface area contributed by atoms with E-state index in [1.54, 1.807) is 0 Å². The molecule has 0 bridgehead atoms. The Hall–Kier alpha value is -1.15. The number of hydrogen-bond donors (Lipinski definition) is 1.